The molecule has 1 aliphatic rings. The highest BCUT2D eigenvalue weighted by Gasteiger charge is 2.12. The van der Waals surface area contributed by atoms with E-state index in [9.17, 15) is 0 Å². The zero-order chi connectivity index (χ0) is 13.8. The summed E-state index contributed by atoms with van der Waals surface area (Å²) in [6.07, 6.45) is 5.60. The summed E-state index contributed by atoms with van der Waals surface area (Å²) in [6.45, 7) is 2.16. The van der Waals surface area contributed by atoms with E-state index in [1.54, 1.807) is 6.20 Å². The summed E-state index contributed by atoms with van der Waals surface area (Å²) < 4.78 is 0. The van der Waals surface area contributed by atoms with Crippen molar-refractivity contribution >= 4 is 29.1 Å². The SMILES string of the molecule is Clc1ccc(Nc2nccc(N3CCCCC3)n2)cc1. The second-order valence-corrected chi connectivity index (χ2v) is 5.35. The highest BCUT2D eigenvalue weighted by molar-refractivity contribution is 6.30. The number of piperidine rings is 1. The minimum atomic E-state index is 0.621. The number of hydrogen-bond acceptors (Lipinski definition) is 4. The molecule has 0 amide bonds. The minimum Gasteiger partial charge on any atom is -0.356 e. The Morgan fingerprint density at radius 1 is 1.00 bits per heavy atom. The number of nitrogens with one attached hydrogen (secondary N) is 1. The Hall–Kier alpha value is -1.81. The summed E-state index contributed by atoms with van der Waals surface area (Å²) in [6, 6.07) is 9.49. The molecule has 0 radical (unpaired) electrons. The Morgan fingerprint density at radius 2 is 1.75 bits per heavy atom. The van der Waals surface area contributed by atoms with E-state index in [-0.39, 0.29) is 0 Å². The van der Waals surface area contributed by atoms with Crippen molar-refractivity contribution in [2.45, 2.75) is 19.3 Å². The van der Waals surface area contributed by atoms with Gasteiger partial charge in [0.05, 0.1) is 0 Å². The molecule has 20 heavy (non-hydrogen) atoms. The predicted molar refractivity (Wildman–Crippen MR) is 82.8 cm³/mol. The Balaban J connectivity index is 1.75. The zero-order valence-electron chi connectivity index (χ0n) is 11.2. The maximum atomic E-state index is 5.88. The van der Waals surface area contributed by atoms with Crippen LogP contribution in [-0.2, 0) is 0 Å². The molecule has 4 nitrogen and oxygen atoms in total. The van der Waals surface area contributed by atoms with Crippen molar-refractivity contribution in [3.8, 4) is 0 Å². The van der Waals surface area contributed by atoms with E-state index in [0.29, 0.717) is 5.95 Å². The molecule has 0 saturated carbocycles. The lowest BCUT2D eigenvalue weighted by Gasteiger charge is -2.27. The molecule has 0 atom stereocenters. The van der Waals surface area contributed by atoms with Crippen LogP contribution in [-0.4, -0.2) is 23.1 Å². The van der Waals surface area contributed by atoms with Crippen molar-refractivity contribution in [3.05, 3.63) is 41.6 Å². The van der Waals surface area contributed by atoms with Gasteiger partial charge in [0.2, 0.25) is 5.95 Å². The van der Waals surface area contributed by atoms with Crippen LogP contribution >= 0.6 is 11.6 Å². The third-order valence-electron chi connectivity index (χ3n) is 3.42. The number of hydrogen-bond donors (Lipinski definition) is 1. The van der Waals surface area contributed by atoms with Crippen molar-refractivity contribution in [1.82, 2.24) is 9.97 Å². The highest BCUT2D eigenvalue weighted by Crippen LogP contribution is 2.20. The van der Waals surface area contributed by atoms with Gasteiger partial charge in [-0.15, -0.1) is 0 Å². The fourth-order valence-electron chi connectivity index (χ4n) is 2.37. The van der Waals surface area contributed by atoms with Gasteiger partial charge in [0.25, 0.3) is 0 Å². The standard InChI is InChI=1S/C15H17ClN4/c16-12-4-6-13(7-5-12)18-15-17-9-8-14(19-15)20-10-2-1-3-11-20/h4-9H,1-3,10-11H2,(H,17,18,19). The summed E-state index contributed by atoms with van der Waals surface area (Å²) in [5, 5.41) is 3.92. The third kappa shape index (κ3) is 3.20. The highest BCUT2D eigenvalue weighted by atomic mass is 35.5. The van der Waals surface area contributed by atoms with Crippen LogP contribution in [0.3, 0.4) is 0 Å². The van der Waals surface area contributed by atoms with Gasteiger partial charge in [0, 0.05) is 30.0 Å². The largest absolute Gasteiger partial charge is 0.356 e. The zero-order valence-corrected chi connectivity index (χ0v) is 12.0. The molecule has 1 aromatic carbocycles. The van der Waals surface area contributed by atoms with Crippen LogP contribution < -0.4 is 10.2 Å². The number of halogens is 1. The lowest BCUT2D eigenvalue weighted by Crippen LogP contribution is -2.30. The molecule has 1 aliphatic heterocycles. The monoisotopic (exact) mass is 288 g/mol. The van der Waals surface area contributed by atoms with Gasteiger partial charge in [0.15, 0.2) is 0 Å². The Morgan fingerprint density at radius 3 is 2.50 bits per heavy atom. The first-order valence-corrected chi connectivity index (χ1v) is 7.30. The van der Waals surface area contributed by atoms with E-state index in [0.717, 1.165) is 29.6 Å². The van der Waals surface area contributed by atoms with E-state index in [1.807, 2.05) is 30.3 Å². The Labute approximate surface area is 123 Å². The van der Waals surface area contributed by atoms with Crippen LogP contribution in [0.15, 0.2) is 36.5 Å². The van der Waals surface area contributed by atoms with Crippen LogP contribution in [0.2, 0.25) is 5.02 Å². The molecule has 0 aliphatic carbocycles. The third-order valence-corrected chi connectivity index (χ3v) is 3.67. The second kappa shape index (κ2) is 6.09. The molecule has 1 N–H and O–H groups in total. The average molecular weight is 289 g/mol. The molecule has 1 aromatic heterocycles. The van der Waals surface area contributed by atoms with Gasteiger partial charge < -0.3 is 10.2 Å². The van der Waals surface area contributed by atoms with Crippen LogP contribution in [0.5, 0.6) is 0 Å². The fourth-order valence-corrected chi connectivity index (χ4v) is 2.50. The maximum Gasteiger partial charge on any atom is 0.229 e. The van der Waals surface area contributed by atoms with Gasteiger partial charge in [-0.1, -0.05) is 11.6 Å². The van der Waals surface area contributed by atoms with E-state index < -0.39 is 0 Å². The molecule has 5 heteroatoms. The molecule has 0 spiro atoms. The van der Waals surface area contributed by atoms with E-state index in [1.165, 1.54) is 19.3 Å². The van der Waals surface area contributed by atoms with E-state index in [4.69, 9.17) is 11.6 Å². The average Bonchev–Trinajstić information content (AvgIpc) is 2.51. The second-order valence-electron chi connectivity index (χ2n) is 4.92. The van der Waals surface area contributed by atoms with Crippen molar-refractivity contribution in [3.63, 3.8) is 0 Å². The number of anilines is 3. The summed E-state index contributed by atoms with van der Waals surface area (Å²) >= 11 is 5.88. The summed E-state index contributed by atoms with van der Waals surface area (Å²) in [4.78, 5) is 11.2. The molecule has 1 saturated heterocycles. The van der Waals surface area contributed by atoms with Crippen LogP contribution in [0.25, 0.3) is 0 Å². The number of aromatic nitrogens is 2. The summed E-state index contributed by atoms with van der Waals surface area (Å²) in [5.41, 5.74) is 0.935. The van der Waals surface area contributed by atoms with Crippen molar-refractivity contribution in [1.29, 1.82) is 0 Å². The van der Waals surface area contributed by atoms with Crippen LogP contribution in [0, 0.1) is 0 Å². The first kappa shape index (κ1) is 13.2. The minimum absolute atomic E-state index is 0.621. The maximum absolute atomic E-state index is 5.88. The predicted octanol–water partition coefficient (Wildman–Crippen LogP) is 3.86. The molecule has 1 fully saturated rings. The summed E-state index contributed by atoms with van der Waals surface area (Å²) in [5.74, 6) is 1.62. The molecule has 3 rings (SSSR count). The quantitative estimate of drug-likeness (QED) is 0.931. The number of nitrogens with zero attached hydrogens (tertiary/aromatic N) is 3. The van der Waals surface area contributed by atoms with Gasteiger partial charge >= 0.3 is 0 Å². The molecular weight excluding hydrogens is 272 g/mol. The lowest BCUT2D eigenvalue weighted by atomic mass is 10.1. The molecule has 0 bridgehead atoms. The van der Waals surface area contributed by atoms with Crippen LogP contribution in [0.4, 0.5) is 17.5 Å². The molecule has 2 heterocycles. The van der Waals surface area contributed by atoms with Crippen molar-refractivity contribution in [2.24, 2.45) is 0 Å². The molecular formula is C15H17ClN4. The van der Waals surface area contributed by atoms with Gasteiger partial charge in [-0.2, -0.15) is 4.98 Å². The van der Waals surface area contributed by atoms with Crippen LogP contribution in [0.1, 0.15) is 19.3 Å². The topological polar surface area (TPSA) is 41.1 Å². The molecule has 0 unspecified atom stereocenters. The fraction of sp³-hybridized carbons (Fsp3) is 0.333. The van der Waals surface area contributed by atoms with Gasteiger partial charge in [-0.3, -0.25) is 0 Å². The van der Waals surface area contributed by atoms with Gasteiger partial charge in [0.1, 0.15) is 5.82 Å². The molecule has 104 valence electrons. The molecule has 2 aromatic rings. The smallest absolute Gasteiger partial charge is 0.229 e. The van der Waals surface area contributed by atoms with Crippen molar-refractivity contribution < 1.29 is 0 Å². The van der Waals surface area contributed by atoms with Gasteiger partial charge in [-0.05, 0) is 49.6 Å². The number of benzene rings is 1. The first-order chi connectivity index (χ1) is 9.81. The Kier molecular flexibility index (Phi) is 4.02. The van der Waals surface area contributed by atoms with E-state index in [2.05, 4.69) is 20.2 Å². The normalized spacial score (nSPS) is 15.2. The summed E-state index contributed by atoms with van der Waals surface area (Å²) in [7, 11) is 0. The first-order valence-electron chi connectivity index (χ1n) is 6.92. The van der Waals surface area contributed by atoms with E-state index >= 15 is 0 Å². The Bertz CT molecular complexity index is 564. The van der Waals surface area contributed by atoms with Crippen molar-refractivity contribution in [2.75, 3.05) is 23.3 Å². The number of rotatable bonds is 3. The lowest BCUT2D eigenvalue weighted by molar-refractivity contribution is 0.573. The van der Waals surface area contributed by atoms with Gasteiger partial charge in [-0.25, -0.2) is 4.98 Å².